The Balaban J connectivity index is 1.34. The van der Waals surface area contributed by atoms with E-state index in [1.165, 1.54) is 6.07 Å². The largest absolute Gasteiger partial charge is 0.507 e. The highest BCUT2D eigenvalue weighted by atomic mass is 35.5. The Morgan fingerprint density at radius 1 is 1.15 bits per heavy atom. The molecule has 0 saturated carbocycles. The Kier molecular flexibility index (Phi) is 8.30. The van der Waals surface area contributed by atoms with Crippen LogP contribution < -0.4 is 10.9 Å². The number of phenolic OH excluding ortho intramolecular Hbond substituents is 1. The number of pyridine rings is 1. The van der Waals surface area contributed by atoms with Crippen LogP contribution in [0.2, 0.25) is 5.02 Å². The fourth-order valence-electron chi connectivity index (χ4n) is 5.73. The highest BCUT2D eigenvalue weighted by Crippen LogP contribution is 2.30. The molecule has 1 amide bonds. The van der Waals surface area contributed by atoms with Crippen molar-refractivity contribution in [2.45, 2.75) is 26.3 Å². The van der Waals surface area contributed by atoms with Crippen molar-refractivity contribution in [2.24, 2.45) is 20.0 Å². The summed E-state index contributed by atoms with van der Waals surface area (Å²) in [6.07, 6.45) is 4.52. The third-order valence-electron chi connectivity index (χ3n) is 8.19. The smallest absolute Gasteiger partial charge is 0.265 e. The highest BCUT2D eigenvalue weighted by Gasteiger charge is 2.24. The Hall–Kier alpha value is -5.47. The third kappa shape index (κ3) is 5.71. The number of nitriles is 1. The zero-order valence-corrected chi connectivity index (χ0v) is 26.3. The van der Waals surface area contributed by atoms with E-state index in [2.05, 4.69) is 16.4 Å². The monoisotopic (exact) mass is 634 g/mol. The number of rotatable bonds is 9. The molecule has 232 valence electrons. The molecule has 6 aromatic rings. The van der Waals surface area contributed by atoms with Crippen molar-refractivity contribution in [1.29, 1.82) is 5.26 Å². The number of hydrogen-bond acceptors (Lipinski definition) is 7. The fourth-order valence-corrected chi connectivity index (χ4v) is 5.95. The molecule has 4 aromatic heterocycles. The van der Waals surface area contributed by atoms with Crippen molar-refractivity contribution in [3.63, 3.8) is 0 Å². The van der Waals surface area contributed by atoms with E-state index in [-0.39, 0.29) is 28.7 Å². The van der Waals surface area contributed by atoms with Gasteiger partial charge in [0.25, 0.3) is 11.5 Å². The van der Waals surface area contributed by atoms with Gasteiger partial charge in [-0.05, 0) is 48.2 Å². The van der Waals surface area contributed by atoms with Crippen molar-refractivity contribution in [3.8, 4) is 23.2 Å². The number of carbonyl (C=O) groups is 1. The molecule has 4 heterocycles. The van der Waals surface area contributed by atoms with E-state index in [9.17, 15) is 20.0 Å². The highest BCUT2D eigenvalue weighted by molar-refractivity contribution is 6.35. The van der Waals surface area contributed by atoms with Crippen molar-refractivity contribution < 1.29 is 9.90 Å². The molecule has 46 heavy (non-hydrogen) atoms. The molecule has 2 N–H and O–H groups in total. The van der Waals surface area contributed by atoms with Gasteiger partial charge in [-0.15, -0.1) is 0 Å². The first-order valence-corrected chi connectivity index (χ1v) is 15.2. The quantitative estimate of drug-likeness (QED) is 0.229. The number of benzene rings is 2. The number of aromatic hydroxyl groups is 1. The van der Waals surface area contributed by atoms with E-state index in [1.807, 2.05) is 36.7 Å². The summed E-state index contributed by atoms with van der Waals surface area (Å²) in [5.74, 6) is 0.221. The summed E-state index contributed by atoms with van der Waals surface area (Å²) in [5.41, 5.74) is 3.55. The van der Waals surface area contributed by atoms with Crippen molar-refractivity contribution in [1.82, 2.24) is 34.2 Å². The molecule has 1 atom stereocenters. The van der Waals surface area contributed by atoms with Crippen LogP contribution in [0.25, 0.3) is 33.3 Å². The number of phenols is 1. The van der Waals surface area contributed by atoms with E-state index < -0.39 is 0 Å². The molecule has 0 aliphatic heterocycles. The molecule has 0 radical (unpaired) electrons. The van der Waals surface area contributed by atoms with E-state index in [1.54, 1.807) is 59.0 Å². The zero-order chi connectivity index (χ0) is 32.5. The van der Waals surface area contributed by atoms with Crippen LogP contribution in [0.3, 0.4) is 0 Å². The number of fused-ring (bicyclic) bond motifs is 2. The first-order chi connectivity index (χ1) is 22.2. The number of para-hydroxylation sites is 2. The molecule has 0 fully saturated rings. The Morgan fingerprint density at radius 3 is 2.72 bits per heavy atom. The number of nitrogens with one attached hydrogen (secondary N) is 1. The predicted octanol–water partition coefficient (Wildman–Crippen LogP) is 4.96. The summed E-state index contributed by atoms with van der Waals surface area (Å²) in [6.45, 7) is 2.73. The molecule has 0 spiro atoms. The second-order valence-corrected chi connectivity index (χ2v) is 11.8. The van der Waals surface area contributed by atoms with Crippen LogP contribution in [0.1, 0.15) is 40.7 Å². The van der Waals surface area contributed by atoms with Gasteiger partial charge in [0, 0.05) is 44.8 Å². The number of amides is 1. The first kappa shape index (κ1) is 30.6. The van der Waals surface area contributed by atoms with Gasteiger partial charge in [-0.1, -0.05) is 42.8 Å². The standard InChI is InChI=1S/C34H31ClN8O3/c1-20(11-13-38-33(45)24-7-4-5-10-27(24)44)15-28-39-32-29(34(46)42(28)3)31(26-16-21(17-36)18-41(26)2)43(40-32)19-22-12-14-37-30-23(22)8-6-9-25(30)35/h4-10,12,14,16,18,20,44H,11,13,15,19H2,1-3H3,(H,38,45). The van der Waals surface area contributed by atoms with Gasteiger partial charge in [-0.2, -0.15) is 10.4 Å². The third-order valence-corrected chi connectivity index (χ3v) is 8.49. The van der Waals surface area contributed by atoms with Crippen LogP contribution >= 0.6 is 11.6 Å². The van der Waals surface area contributed by atoms with Crippen molar-refractivity contribution in [2.75, 3.05) is 6.54 Å². The van der Waals surface area contributed by atoms with E-state index in [0.29, 0.717) is 70.3 Å². The minimum absolute atomic E-state index is 0.0699. The zero-order valence-electron chi connectivity index (χ0n) is 25.5. The van der Waals surface area contributed by atoms with Crippen LogP contribution in [0.15, 0.2) is 71.8 Å². The van der Waals surface area contributed by atoms with Gasteiger partial charge in [-0.25, -0.2) is 4.98 Å². The Morgan fingerprint density at radius 2 is 1.96 bits per heavy atom. The normalized spacial score (nSPS) is 12.0. The summed E-state index contributed by atoms with van der Waals surface area (Å²) < 4.78 is 5.11. The molecular formula is C34H31ClN8O3. The minimum atomic E-state index is -0.347. The van der Waals surface area contributed by atoms with E-state index in [4.69, 9.17) is 21.7 Å². The number of halogens is 1. The van der Waals surface area contributed by atoms with E-state index >= 15 is 0 Å². The molecule has 0 aliphatic rings. The summed E-state index contributed by atoms with van der Waals surface area (Å²) in [4.78, 5) is 35.8. The molecule has 0 bridgehead atoms. The average Bonchev–Trinajstić information content (AvgIpc) is 3.59. The van der Waals surface area contributed by atoms with Crippen molar-refractivity contribution in [3.05, 3.63) is 105 Å². The van der Waals surface area contributed by atoms with Crippen LogP contribution in [0.4, 0.5) is 0 Å². The summed E-state index contributed by atoms with van der Waals surface area (Å²) in [7, 11) is 3.52. The molecule has 0 aliphatic carbocycles. The Labute approximate surface area is 269 Å². The van der Waals surface area contributed by atoms with Gasteiger partial charge in [0.05, 0.1) is 33.9 Å². The molecule has 6 rings (SSSR count). The summed E-state index contributed by atoms with van der Waals surface area (Å²) >= 11 is 6.44. The van der Waals surface area contributed by atoms with Gasteiger partial charge < -0.3 is 15.0 Å². The molecular weight excluding hydrogens is 604 g/mol. The molecule has 0 saturated heterocycles. The van der Waals surface area contributed by atoms with Gasteiger partial charge >= 0.3 is 0 Å². The SMILES string of the molecule is CC(CCNC(=O)c1ccccc1O)Cc1nc2nn(Cc3ccnc4c(Cl)cccc34)c(-c3cc(C#N)cn3C)c2c(=O)n1C. The number of aryl methyl sites for hydroxylation is 1. The maximum absolute atomic E-state index is 14.0. The number of hydrogen-bond donors (Lipinski definition) is 2. The second-order valence-electron chi connectivity index (χ2n) is 11.4. The summed E-state index contributed by atoms with van der Waals surface area (Å²) in [5, 5.41) is 29.0. The number of carbonyl (C=O) groups excluding carboxylic acids is 1. The van der Waals surface area contributed by atoms with E-state index in [0.717, 1.165) is 10.9 Å². The molecule has 11 nitrogen and oxygen atoms in total. The lowest BCUT2D eigenvalue weighted by atomic mass is 10.0. The molecule has 12 heteroatoms. The van der Waals surface area contributed by atoms with Gasteiger partial charge in [0.15, 0.2) is 5.65 Å². The lowest BCUT2D eigenvalue weighted by Gasteiger charge is -2.14. The van der Waals surface area contributed by atoms with Crippen LogP contribution in [0, 0.1) is 17.2 Å². The van der Waals surface area contributed by atoms with Crippen LogP contribution in [-0.4, -0.2) is 46.4 Å². The fraction of sp³-hybridized carbons (Fsp3) is 0.235. The van der Waals surface area contributed by atoms with Crippen LogP contribution in [0.5, 0.6) is 5.75 Å². The number of nitrogens with zero attached hydrogens (tertiary/aromatic N) is 7. The summed E-state index contributed by atoms with van der Waals surface area (Å²) in [6, 6.07) is 17.8. The minimum Gasteiger partial charge on any atom is -0.507 e. The van der Waals surface area contributed by atoms with Gasteiger partial charge in [-0.3, -0.25) is 23.8 Å². The first-order valence-electron chi connectivity index (χ1n) is 14.8. The maximum Gasteiger partial charge on any atom is 0.265 e. The Bertz CT molecular complexity index is 2230. The molecule has 2 aromatic carbocycles. The lowest BCUT2D eigenvalue weighted by molar-refractivity contribution is 0.0949. The second kappa shape index (κ2) is 12.5. The van der Waals surface area contributed by atoms with Gasteiger partial charge in [0.2, 0.25) is 0 Å². The van der Waals surface area contributed by atoms with Gasteiger partial charge in [0.1, 0.15) is 28.7 Å². The predicted molar refractivity (Wildman–Crippen MR) is 176 cm³/mol. The lowest BCUT2D eigenvalue weighted by Crippen LogP contribution is -2.27. The number of aromatic nitrogens is 6. The van der Waals surface area contributed by atoms with Crippen LogP contribution in [-0.2, 0) is 27.1 Å². The maximum atomic E-state index is 14.0. The molecule has 1 unspecified atom stereocenters. The topological polar surface area (TPSA) is 144 Å². The average molecular weight is 635 g/mol. The van der Waals surface area contributed by atoms with Crippen molar-refractivity contribution >= 4 is 39.4 Å².